The Hall–Kier alpha value is -1.65. The van der Waals surface area contributed by atoms with Crippen molar-refractivity contribution in [2.24, 2.45) is 0 Å². The molecule has 0 bridgehead atoms. The van der Waals surface area contributed by atoms with Crippen LogP contribution in [-0.2, 0) is 11.3 Å². The van der Waals surface area contributed by atoms with E-state index in [4.69, 9.17) is 11.6 Å². The molecule has 106 valence electrons. The second kappa shape index (κ2) is 6.68. The van der Waals surface area contributed by atoms with Gasteiger partial charge in [-0.1, -0.05) is 17.7 Å². The van der Waals surface area contributed by atoms with Gasteiger partial charge in [0.25, 0.3) is 0 Å². The van der Waals surface area contributed by atoms with Crippen LogP contribution in [0, 0.1) is 0 Å². The number of rotatable bonds is 5. The van der Waals surface area contributed by atoms with Gasteiger partial charge in [-0.2, -0.15) is 0 Å². The molecule has 1 amide bonds. The summed E-state index contributed by atoms with van der Waals surface area (Å²) in [6.07, 6.45) is 1.75. The number of carbonyl (C=O) groups is 1. The zero-order valence-corrected chi connectivity index (χ0v) is 12.4. The standard InChI is InChI=1S/C15H18ClN3O/c1-3-17-15(20)10(2)19-9-11-6-7-13(16)12-5-4-8-18-14(11)12/h4-8,10,19H,3,9H2,1-2H3,(H,17,20). The number of amides is 1. The molecule has 5 heteroatoms. The summed E-state index contributed by atoms with van der Waals surface area (Å²) in [7, 11) is 0. The number of halogens is 1. The van der Waals surface area contributed by atoms with Crippen molar-refractivity contribution in [3.05, 3.63) is 41.0 Å². The number of pyridine rings is 1. The Morgan fingerprint density at radius 3 is 2.95 bits per heavy atom. The maximum atomic E-state index is 11.7. The highest BCUT2D eigenvalue weighted by atomic mass is 35.5. The van der Waals surface area contributed by atoms with E-state index in [1.165, 1.54) is 0 Å². The van der Waals surface area contributed by atoms with E-state index in [1.54, 1.807) is 6.20 Å². The van der Waals surface area contributed by atoms with Crippen LogP contribution in [0.1, 0.15) is 19.4 Å². The predicted molar refractivity (Wildman–Crippen MR) is 81.7 cm³/mol. The van der Waals surface area contributed by atoms with Gasteiger partial charge >= 0.3 is 0 Å². The quantitative estimate of drug-likeness (QED) is 0.890. The molecule has 1 aromatic heterocycles. The van der Waals surface area contributed by atoms with Gasteiger partial charge in [-0.15, -0.1) is 0 Å². The second-order valence-electron chi connectivity index (χ2n) is 4.60. The molecule has 1 atom stereocenters. The molecule has 4 nitrogen and oxygen atoms in total. The first-order valence-corrected chi connectivity index (χ1v) is 7.04. The first-order chi connectivity index (χ1) is 9.63. The highest BCUT2D eigenvalue weighted by Crippen LogP contribution is 2.24. The van der Waals surface area contributed by atoms with Crippen LogP contribution in [0.5, 0.6) is 0 Å². The molecule has 1 unspecified atom stereocenters. The summed E-state index contributed by atoms with van der Waals surface area (Å²) in [5.74, 6) is -0.00118. The van der Waals surface area contributed by atoms with Crippen LogP contribution in [0.3, 0.4) is 0 Å². The number of nitrogens with zero attached hydrogens (tertiary/aromatic N) is 1. The Kier molecular flexibility index (Phi) is 4.93. The van der Waals surface area contributed by atoms with Crippen LogP contribution in [0.25, 0.3) is 10.9 Å². The molecule has 2 N–H and O–H groups in total. The van der Waals surface area contributed by atoms with E-state index in [1.807, 2.05) is 38.1 Å². The van der Waals surface area contributed by atoms with Crippen LogP contribution >= 0.6 is 11.6 Å². The molecule has 0 aliphatic rings. The Bertz CT molecular complexity index is 615. The maximum absolute atomic E-state index is 11.7. The molecular weight excluding hydrogens is 274 g/mol. The fourth-order valence-electron chi connectivity index (χ4n) is 2.02. The number of aromatic nitrogens is 1. The number of likely N-dealkylation sites (N-methyl/N-ethyl adjacent to an activating group) is 1. The van der Waals surface area contributed by atoms with E-state index in [0.717, 1.165) is 16.5 Å². The molecule has 20 heavy (non-hydrogen) atoms. The molecule has 2 rings (SSSR count). The van der Waals surface area contributed by atoms with Crippen molar-refractivity contribution in [1.29, 1.82) is 0 Å². The lowest BCUT2D eigenvalue weighted by molar-refractivity contribution is -0.122. The summed E-state index contributed by atoms with van der Waals surface area (Å²) < 4.78 is 0. The summed E-state index contributed by atoms with van der Waals surface area (Å²) in [5.41, 5.74) is 1.90. The maximum Gasteiger partial charge on any atom is 0.236 e. The van der Waals surface area contributed by atoms with Crippen LogP contribution in [0.15, 0.2) is 30.5 Å². The molecule has 2 aromatic rings. The second-order valence-corrected chi connectivity index (χ2v) is 5.01. The normalized spacial score (nSPS) is 12.3. The molecule has 0 aliphatic carbocycles. The van der Waals surface area contributed by atoms with E-state index in [-0.39, 0.29) is 11.9 Å². The highest BCUT2D eigenvalue weighted by Gasteiger charge is 2.12. The lowest BCUT2D eigenvalue weighted by Gasteiger charge is -2.14. The fourth-order valence-corrected chi connectivity index (χ4v) is 2.24. The van der Waals surface area contributed by atoms with Crippen LogP contribution in [0.4, 0.5) is 0 Å². The molecular formula is C15H18ClN3O. The minimum atomic E-state index is -0.246. The van der Waals surface area contributed by atoms with E-state index in [2.05, 4.69) is 15.6 Å². The van der Waals surface area contributed by atoms with E-state index >= 15 is 0 Å². The molecule has 0 spiro atoms. The van der Waals surface area contributed by atoms with Crippen molar-refractivity contribution in [1.82, 2.24) is 15.6 Å². The number of benzene rings is 1. The fraction of sp³-hybridized carbons (Fsp3) is 0.333. The van der Waals surface area contributed by atoms with Gasteiger partial charge in [0, 0.05) is 29.7 Å². The van der Waals surface area contributed by atoms with Gasteiger partial charge in [0.2, 0.25) is 5.91 Å². The zero-order chi connectivity index (χ0) is 14.5. The summed E-state index contributed by atoms with van der Waals surface area (Å²) in [6, 6.07) is 7.36. The third-order valence-corrected chi connectivity index (χ3v) is 3.47. The first-order valence-electron chi connectivity index (χ1n) is 6.66. The molecule has 1 heterocycles. The van der Waals surface area contributed by atoms with Crippen LogP contribution < -0.4 is 10.6 Å². The molecule has 0 saturated heterocycles. The van der Waals surface area contributed by atoms with Crippen molar-refractivity contribution >= 4 is 28.4 Å². The Morgan fingerprint density at radius 2 is 2.20 bits per heavy atom. The lowest BCUT2D eigenvalue weighted by atomic mass is 10.1. The van der Waals surface area contributed by atoms with E-state index < -0.39 is 0 Å². The summed E-state index contributed by atoms with van der Waals surface area (Å²) in [4.78, 5) is 16.0. The number of hydrogen-bond acceptors (Lipinski definition) is 3. The SMILES string of the molecule is CCNC(=O)C(C)NCc1ccc(Cl)c2cccnc12. The van der Waals surface area contributed by atoms with Gasteiger partial charge in [0.1, 0.15) is 0 Å². The van der Waals surface area contributed by atoms with Gasteiger partial charge in [-0.25, -0.2) is 0 Å². The van der Waals surface area contributed by atoms with Crippen LogP contribution in [-0.4, -0.2) is 23.5 Å². The molecule has 0 aliphatic heterocycles. The summed E-state index contributed by atoms with van der Waals surface area (Å²) in [6.45, 7) is 4.96. The van der Waals surface area contributed by atoms with Gasteiger partial charge in [0.15, 0.2) is 0 Å². The van der Waals surface area contributed by atoms with E-state index in [0.29, 0.717) is 18.1 Å². The van der Waals surface area contributed by atoms with Gasteiger partial charge in [-0.05, 0) is 37.6 Å². The molecule has 1 aromatic carbocycles. The Morgan fingerprint density at radius 1 is 1.40 bits per heavy atom. The molecule has 0 fully saturated rings. The van der Waals surface area contributed by atoms with E-state index in [9.17, 15) is 4.79 Å². The zero-order valence-electron chi connectivity index (χ0n) is 11.6. The average molecular weight is 292 g/mol. The largest absolute Gasteiger partial charge is 0.355 e. The van der Waals surface area contributed by atoms with Gasteiger partial charge in [0.05, 0.1) is 11.6 Å². The van der Waals surface area contributed by atoms with Crippen molar-refractivity contribution in [2.75, 3.05) is 6.54 Å². The highest BCUT2D eigenvalue weighted by molar-refractivity contribution is 6.35. The molecule has 0 radical (unpaired) electrons. The number of fused-ring (bicyclic) bond motifs is 1. The summed E-state index contributed by atoms with van der Waals surface area (Å²) in [5, 5.41) is 7.61. The number of carbonyl (C=O) groups excluding carboxylic acids is 1. The van der Waals surface area contributed by atoms with Gasteiger partial charge in [-0.3, -0.25) is 9.78 Å². The predicted octanol–water partition coefficient (Wildman–Crippen LogP) is 2.50. The molecule has 0 saturated carbocycles. The summed E-state index contributed by atoms with van der Waals surface area (Å²) >= 11 is 6.16. The lowest BCUT2D eigenvalue weighted by Crippen LogP contribution is -2.41. The average Bonchev–Trinajstić information content (AvgIpc) is 2.47. The third kappa shape index (κ3) is 3.26. The van der Waals surface area contributed by atoms with Crippen molar-refractivity contribution in [3.8, 4) is 0 Å². The van der Waals surface area contributed by atoms with Crippen molar-refractivity contribution in [2.45, 2.75) is 26.4 Å². The minimum Gasteiger partial charge on any atom is -0.355 e. The Labute approximate surface area is 123 Å². The monoisotopic (exact) mass is 291 g/mol. The smallest absolute Gasteiger partial charge is 0.236 e. The first kappa shape index (κ1) is 14.8. The number of nitrogens with one attached hydrogen (secondary N) is 2. The minimum absolute atomic E-state index is 0.00118. The Balaban J connectivity index is 2.15. The van der Waals surface area contributed by atoms with Crippen molar-refractivity contribution in [3.63, 3.8) is 0 Å². The van der Waals surface area contributed by atoms with Crippen molar-refractivity contribution < 1.29 is 4.79 Å². The third-order valence-electron chi connectivity index (χ3n) is 3.14. The van der Waals surface area contributed by atoms with Gasteiger partial charge < -0.3 is 10.6 Å². The topological polar surface area (TPSA) is 54.0 Å². The number of hydrogen-bond donors (Lipinski definition) is 2. The van der Waals surface area contributed by atoms with Crippen LogP contribution in [0.2, 0.25) is 5.02 Å².